The number of aromatic nitrogens is 3. The molecule has 2 aromatic rings. The molecule has 0 N–H and O–H groups in total. The van der Waals surface area contributed by atoms with Gasteiger partial charge < -0.3 is 4.74 Å². The minimum Gasteiger partial charge on any atom is -0.461 e. The number of hydrogen-bond donors (Lipinski definition) is 0. The number of nitrogens with zero attached hydrogens (tertiary/aromatic N) is 3. The second kappa shape index (κ2) is 7.19. The van der Waals surface area contributed by atoms with Crippen LogP contribution in [0.1, 0.15) is 41.3 Å². The molecule has 0 saturated carbocycles. The molecule has 2 aromatic heterocycles. The first kappa shape index (κ1) is 14.7. The summed E-state index contributed by atoms with van der Waals surface area (Å²) in [6, 6.07) is 4.14. The average molecular weight is 293 g/mol. The zero-order valence-electron chi connectivity index (χ0n) is 11.8. The van der Waals surface area contributed by atoms with Crippen LogP contribution in [0.2, 0.25) is 0 Å². The van der Waals surface area contributed by atoms with E-state index < -0.39 is 0 Å². The van der Waals surface area contributed by atoms with Crippen molar-refractivity contribution in [1.29, 1.82) is 0 Å². The fourth-order valence-corrected chi connectivity index (χ4v) is 2.72. The highest BCUT2D eigenvalue weighted by Gasteiger charge is 2.19. The van der Waals surface area contributed by atoms with Gasteiger partial charge in [-0.05, 0) is 24.8 Å². The number of aryl methyl sites for hydroxylation is 2. The topological polar surface area (TPSA) is 57.0 Å². The second-order valence-electron chi connectivity index (χ2n) is 4.41. The summed E-state index contributed by atoms with van der Waals surface area (Å²) in [5.74, 6) is -0.377. The molecule has 108 valence electrons. The minimum absolute atomic E-state index is 0.354. The summed E-state index contributed by atoms with van der Waals surface area (Å²) < 4.78 is 6.85. The molecule has 0 atom stereocenters. The van der Waals surface area contributed by atoms with Gasteiger partial charge in [0.1, 0.15) is 0 Å². The van der Waals surface area contributed by atoms with Crippen molar-refractivity contribution in [3.05, 3.63) is 33.8 Å². The van der Waals surface area contributed by atoms with Crippen LogP contribution in [-0.4, -0.2) is 27.6 Å². The van der Waals surface area contributed by atoms with Crippen LogP contribution in [0.5, 0.6) is 0 Å². The molecule has 0 bridgehead atoms. The van der Waals surface area contributed by atoms with Crippen molar-refractivity contribution in [3.8, 4) is 0 Å². The van der Waals surface area contributed by atoms with Crippen LogP contribution < -0.4 is 0 Å². The monoisotopic (exact) mass is 293 g/mol. The zero-order chi connectivity index (χ0) is 14.4. The first-order chi connectivity index (χ1) is 9.76. The highest BCUT2D eigenvalue weighted by atomic mass is 32.1. The third kappa shape index (κ3) is 3.45. The average Bonchev–Trinajstić information content (AvgIpc) is 3.06. The summed E-state index contributed by atoms with van der Waals surface area (Å²) in [5, 5.41) is 10.2. The predicted octanol–water partition coefficient (Wildman–Crippen LogP) is 2.71. The Hall–Kier alpha value is -1.69. The largest absolute Gasteiger partial charge is 0.461 e. The van der Waals surface area contributed by atoms with Gasteiger partial charge in [-0.15, -0.1) is 16.4 Å². The summed E-state index contributed by atoms with van der Waals surface area (Å²) in [6.07, 6.45) is 2.63. The van der Waals surface area contributed by atoms with E-state index in [1.54, 1.807) is 18.3 Å². The minimum atomic E-state index is -0.377. The Labute approximate surface area is 122 Å². The van der Waals surface area contributed by atoms with Crippen molar-refractivity contribution in [2.75, 3.05) is 6.61 Å². The lowest BCUT2D eigenvalue weighted by atomic mass is 10.2. The summed E-state index contributed by atoms with van der Waals surface area (Å²) in [6.45, 7) is 4.96. The molecule has 6 heteroatoms. The van der Waals surface area contributed by atoms with Crippen LogP contribution in [0, 0.1) is 0 Å². The lowest BCUT2D eigenvalue weighted by molar-refractivity contribution is 0.0518. The van der Waals surface area contributed by atoms with Gasteiger partial charge in [-0.3, -0.25) is 0 Å². The van der Waals surface area contributed by atoms with Gasteiger partial charge in [0.25, 0.3) is 0 Å². The number of hydrogen-bond acceptors (Lipinski definition) is 5. The fraction of sp³-hybridized carbons (Fsp3) is 0.500. The van der Waals surface area contributed by atoms with Crippen LogP contribution in [0.3, 0.4) is 0 Å². The van der Waals surface area contributed by atoms with E-state index in [1.165, 1.54) is 4.88 Å². The summed E-state index contributed by atoms with van der Waals surface area (Å²) in [5.41, 5.74) is 1.24. The van der Waals surface area contributed by atoms with Crippen molar-refractivity contribution in [1.82, 2.24) is 15.0 Å². The Balaban J connectivity index is 2.13. The molecule has 0 radical (unpaired) electrons. The summed E-state index contributed by atoms with van der Waals surface area (Å²) >= 11 is 1.73. The van der Waals surface area contributed by atoms with Gasteiger partial charge in [0.15, 0.2) is 5.69 Å². The Morgan fingerprint density at radius 1 is 1.40 bits per heavy atom. The zero-order valence-corrected chi connectivity index (χ0v) is 12.7. The maximum Gasteiger partial charge on any atom is 0.360 e. The van der Waals surface area contributed by atoms with Crippen molar-refractivity contribution >= 4 is 17.3 Å². The van der Waals surface area contributed by atoms with Crippen molar-refractivity contribution in [2.24, 2.45) is 0 Å². The van der Waals surface area contributed by atoms with E-state index in [0.29, 0.717) is 12.3 Å². The molecule has 0 unspecified atom stereocenters. The van der Waals surface area contributed by atoms with Gasteiger partial charge in [-0.2, -0.15) is 0 Å². The van der Waals surface area contributed by atoms with Crippen molar-refractivity contribution in [3.63, 3.8) is 0 Å². The molecule has 2 rings (SSSR count). The maximum absolute atomic E-state index is 11.9. The molecule has 0 aliphatic carbocycles. The quantitative estimate of drug-likeness (QED) is 0.737. The van der Waals surface area contributed by atoms with Crippen LogP contribution in [0.4, 0.5) is 0 Å². The normalized spacial score (nSPS) is 10.7. The fourth-order valence-electron chi connectivity index (χ4n) is 2.03. The molecule has 0 aliphatic heterocycles. The Morgan fingerprint density at radius 3 is 2.90 bits per heavy atom. The summed E-state index contributed by atoms with van der Waals surface area (Å²) in [7, 11) is 0. The number of thiophene rings is 1. The van der Waals surface area contributed by atoms with E-state index in [4.69, 9.17) is 4.74 Å². The molecule has 0 amide bonds. The van der Waals surface area contributed by atoms with Gasteiger partial charge in [0.2, 0.25) is 0 Å². The molecule has 2 heterocycles. The van der Waals surface area contributed by atoms with Gasteiger partial charge >= 0.3 is 5.97 Å². The third-order valence-electron chi connectivity index (χ3n) is 2.94. The van der Waals surface area contributed by atoms with Crippen LogP contribution in [-0.2, 0) is 24.1 Å². The summed E-state index contributed by atoms with van der Waals surface area (Å²) in [4.78, 5) is 13.2. The van der Waals surface area contributed by atoms with E-state index in [2.05, 4.69) is 28.7 Å². The van der Waals surface area contributed by atoms with E-state index in [0.717, 1.165) is 31.5 Å². The molecule has 5 nitrogen and oxygen atoms in total. The van der Waals surface area contributed by atoms with Crippen LogP contribution in [0.25, 0.3) is 0 Å². The smallest absolute Gasteiger partial charge is 0.360 e. The first-order valence-electron chi connectivity index (χ1n) is 6.88. The standard InChI is InChI=1S/C14H19N3O2S/c1-3-6-12-13(14(18)19-4-2)15-16-17(12)9-8-11-7-5-10-20-11/h5,7,10H,3-4,6,8-9H2,1-2H3. The second-order valence-corrected chi connectivity index (χ2v) is 5.44. The number of esters is 1. The maximum atomic E-state index is 11.9. The lowest BCUT2D eigenvalue weighted by Crippen LogP contribution is -2.12. The number of carbonyl (C=O) groups is 1. The van der Waals surface area contributed by atoms with Crippen LogP contribution in [0.15, 0.2) is 17.5 Å². The van der Waals surface area contributed by atoms with E-state index in [1.807, 2.05) is 10.7 Å². The third-order valence-corrected chi connectivity index (χ3v) is 3.88. The SMILES string of the molecule is CCCc1c(C(=O)OCC)nnn1CCc1cccs1. The van der Waals surface area contributed by atoms with E-state index >= 15 is 0 Å². The highest BCUT2D eigenvalue weighted by molar-refractivity contribution is 7.09. The lowest BCUT2D eigenvalue weighted by Gasteiger charge is -2.06. The van der Waals surface area contributed by atoms with Crippen molar-refractivity contribution in [2.45, 2.75) is 39.7 Å². The highest BCUT2D eigenvalue weighted by Crippen LogP contribution is 2.14. The van der Waals surface area contributed by atoms with E-state index in [9.17, 15) is 4.79 Å². The van der Waals surface area contributed by atoms with Gasteiger partial charge in [-0.1, -0.05) is 24.6 Å². The molecule has 0 saturated heterocycles. The van der Waals surface area contributed by atoms with Gasteiger partial charge in [-0.25, -0.2) is 9.48 Å². The Bertz CT molecular complexity index is 549. The molecule has 0 aliphatic rings. The van der Waals surface area contributed by atoms with Crippen LogP contribution >= 0.6 is 11.3 Å². The Kier molecular flexibility index (Phi) is 5.29. The first-order valence-corrected chi connectivity index (χ1v) is 7.76. The van der Waals surface area contributed by atoms with E-state index in [-0.39, 0.29) is 5.97 Å². The molecule has 0 aromatic carbocycles. The number of rotatable bonds is 7. The molecular formula is C14H19N3O2S. The molecular weight excluding hydrogens is 274 g/mol. The molecule has 0 spiro atoms. The van der Waals surface area contributed by atoms with Gasteiger partial charge in [0, 0.05) is 17.8 Å². The number of ether oxygens (including phenoxy) is 1. The Morgan fingerprint density at radius 2 is 2.25 bits per heavy atom. The molecule has 20 heavy (non-hydrogen) atoms. The van der Waals surface area contributed by atoms with Gasteiger partial charge in [0.05, 0.1) is 12.3 Å². The predicted molar refractivity (Wildman–Crippen MR) is 78.0 cm³/mol. The number of carbonyl (C=O) groups excluding carboxylic acids is 1. The molecule has 0 fully saturated rings. The van der Waals surface area contributed by atoms with Crippen molar-refractivity contribution < 1.29 is 9.53 Å².